The van der Waals surface area contributed by atoms with Crippen molar-refractivity contribution in [3.05, 3.63) is 35.9 Å². The second-order valence-electron chi connectivity index (χ2n) is 4.23. The lowest BCUT2D eigenvalue weighted by Gasteiger charge is -2.23. The summed E-state index contributed by atoms with van der Waals surface area (Å²) in [6.07, 6.45) is -7.08. The van der Waals surface area contributed by atoms with Gasteiger partial charge in [-0.3, -0.25) is 9.59 Å². The molecule has 6 heteroatoms. The van der Waals surface area contributed by atoms with E-state index < -0.39 is 36.0 Å². The highest BCUT2D eigenvalue weighted by Gasteiger charge is 2.35. The molecule has 4 N–H and O–H groups in total. The van der Waals surface area contributed by atoms with E-state index in [-0.39, 0.29) is 5.56 Å². The molecule has 0 aliphatic carbocycles. The molecule has 1 aromatic carbocycles. The number of hydrogen-bond acceptors (Lipinski definition) is 6. The average molecular weight is 268 g/mol. The van der Waals surface area contributed by atoms with E-state index in [2.05, 4.69) is 0 Å². The van der Waals surface area contributed by atoms with Gasteiger partial charge in [0.1, 0.15) is 18.3 Å². The molecule has 0 fully saturated rings. The first kappa shape index (κ1) is 15.5. The van der Waals surface area contributed by atoms with Crippen molar-refractivity contribution in [3.63, 3.8) is 0 Å². The molecule has 4 atom stereocenters. The van der Waals surface area contributed by atoms with E-state index in [0.717, 1.165) is 0 Å². The topological polar surface area (TPSA) is 115 Å². The Kier molecular flexibility index (Phi) is 5.31. The normalized spacial score (nSPS) is 17.3. The Balaban J connectivity index is 2.80. The van der Waals surface area contributed by atoms with Crippen LogP contribution in [0.3, 0.4) is 0 Å². The van der Waals surface area contributed by atoms with E-state index in [1.807, 2.05) is 0 Å². The SMILES string of the molecule is C[C@H](O)[C@@H](O)[C@@H](O)[C@H](O)C(=O)C(=O)c1ccccc1. The molecule has 0 radical (unpaired) electrons. The number of aliphatic hydroxyl groups is 4. The van der Waals surface area contributed by atoms with Gasteiger partial charge >= 0.3 is 0 Å². The summed E-state index contributed by atoms with van der Waals surface area (Å²) in [7, 11) is 0. The van der Waals surface area contributed by atoms with E-state index >= 15 is 0 Å². The maximum absolute atomic E-state index is 11.7. The van der Waals surface area contributed by atoms with Crippen LogP contribution in [0, 0.1) is 0 Å². The van der Waals surface area contributed by atoms with E-state index in [9.17, 15) is 24.9 Å². The summed E-state index contributed by atoms with van der Waals surface area (Å²) in [5, 5.41) is 37.4. The van der Waals surface area contributed by atoms with Crippen molar-refractivity contribution < 1.29 is 30.0 Å². The van der Waals surface area contributed by atoms with Crippen LogP contribution in [-0.4, -0.2) is 56.4 Å². The van der Waals surface area contributed by atoms with Crippen molar-refractivity contribution in [1.82, 2.24) is 0 Å². The number of rotatable bonds is 6. The molecular weight excluding hydrogens is 252 g/mol. The summed E-state index contributed by atoms with van der Waals surface area (Å²) in [4.78, 5) is 23.4. The lowest BCUT2D eigenvalue weighted by molar-refractivity contribution is -0.139. The summed E-state index contributed by atoms with van der Waals surface area (Å²) >= 11 is 0. The van der Waals surface area contributed by atoms with Crippen molar-refractivity contribution in [1.29, 1.82) is 0 Å². The first-order chi connectivity index (χ1) is 8.86. The molecule has 1 aromatic rings. The fourth-order valence-electron chi connectivity index (χ4n) is 1.49. The van der Waals surface area contributed by atoms with Gasteiger partial charge in [0, 0.05) is 5.56 Å². The number of benzene rings is 1. The fraction of sp³-hybridized carbons (Fsp3) is 0.385. The van der Waals surface area contributed by atoms with Gasteiger partial charge in [-0.25, -0.2) is 0 Å². The second kappa shape index (κ2) is 6.53. The molecule has 0 aliphatic rings. The number of aliphatic hydroxyl groups excluding tert-OH is 4. The quantitative estimate of drug-likeness (QED) is 0.384. The summed E-state index contributed by atoms with van der Waals surface area (Å²) in [6, 6.07) is 7.54. The number of hydrogen-bond donors (Lipinski definition) is 4. The highest BCUT2D eigenvalue weighted by Crippen LogP contribution is 2.09. The van der Waals surface area contributed by atoms with Crippen molar-refractivity contribution in [2.45, 2.75) is 31.3 Å². The maximum Gasteiger partial charge on any atom is 0.234 e. The Morgan fingerprint density at radius 1 is 0.947 bits per heavy atom. The van der Waals surface area contributed by atoms with E-state index in [1.165, 1.54) is 19.1 Å². The number of carbonyl (C=O) groups is 2. The molecule has 0 bridgehead atoms. The Bertz CT molecular complexity index is 442. The lowest BCUT2D eigenvalue weighted by Crippen LogP contribution is -2.48. The average Bonchev–Trinajstić information content (AvgIpc) is 2.44. The number of carbonyl (C=O) groups excluding carboxylic acids is 2. The van der Waals surface area contributed by atoms with Crippen molar-refractivity contribution in [2.24, 2.45) is 0 Å². The fourth-order valence-corrected chi connectivity index (χ4v) is 1.49. The maximum atomic E-state index is 11.7. The minimum atomic E-state index is -2.09. The van der Waals surface area contributed by atoms with Crippen molar-refractivity contribution in [3.8, 4) is 0 Å². The van der Waals surface area contributed by atoms with Gasteiger partial charge in [-0.2, -0.15) is 0 Å². The Labute approximate surface area is 109 Å². The summed E-state index contributed by atoms with van der Waals surface area (Å²) < 4.78 is 0. The molecule has 0 amide bonds. The summed E-state index contributed by atoms with van der Waals surface area (Å²) in [6.45, 7) is 1.18. The zero-order valence-electron chi connectivity index (χ0n) is 10.3. The monoisotopic (exact) mass is 268 g/mol. The van der Waals surface area contributed by atoms with Gasteiger partial charge < -0.3 is 20.4 Å². The Morgan fingerprint density at radius 2 is 1.47 bits per heavy atom. The molecule has 0 unspecified atom stereocenters. The number of ketones is 2. The van der Waals surface area contributed by atoms with Gasteiger partial charge in [-0.15, -0.1) is 0 Å². The first-order valence-corrected chi connectivity index (χ1v) is 5.72. The molecule has 0 spiro atoms. The van der Waals surface area contributed by atoms with Crippen LogP contribution in [0.4, 0.5) is 0 Å². The standard InChI is InChI=1S/C13H16O6/c1-7(14)9(15)11(17)13(19)12(18)10(16)8-5-3-2-4-6-8/h2-7,9,11,13-15,17,19H,1H3/t7-,9+,11+,13-/m0/s1. The predicted octanol–water partition coefficient (Wildman–Crippen LogP) is -1.10. The third-order valence-corrected chi connectivity index (χ3v) is 2.70. The van der Waals surface area contributed by atoms with Crippen molar-refractivity contribution >= 4 is 11.6 Å². The molecule has 6 nitrogen and oxygen atoms in total. The van der Waals surface area contributed by atoms with Crippen LogP contribution in [0.1, 0.15) is 17.3 Å². The van der Waals surface area contributed by atoms with Gasteiger partial charge in [0.2, 0.25) is 11.6 Å². The molecule has 19 heavy (non-hydrogen) atoms. The largest absolute Gasteiger partial charge is 0.391 e. The van der Waals surface area contributed by atoms with Crippen LogP contribution in [0.2, 0.25) is 0 Å². The highest BCUT2D eigenvalue weighted by atomic mass is 16.4. The van der Waals surface area contributed by atoms with Crippen LogP contribution in [-0.2, 0) is 4.79 Å². The zero-order chi connectivity index (χ0) is 14.6. The minimum absolute atomic E-state index is 0.0743. The van der Waals surface area contributed by atoms with Crippen LogP contribution >= 0.6 is 0 Å². The third-order valence-electron chi connectivity index (χ3n) is 2.70. The molecule has 0 aromatic heterocycles. The summed E-state index contributed by atoms with van der Waals surface area (Å²) in [5.41, 5.74) is 0.0743. The zero-order valence-corrected chi connectivity index (χ0v) is 10.3. The van der Waals surface area contributed by atoms with Crippen molar-refractivity contribution in [2.75, 3.05) is 0 Å². The Morgan fingerprint density at radius 3 is 1.95 bits per heavy atom. The van der Waals surface area contributed by atoms with Crippen LogP contribution in [0.25, 0.3) is 0 Å². The molecule has 0 saturated carbocycles. The highest BCUT2D eigenvalue weighted by molar-refractivity contribution is 6.45. The van der Waals surface area contributed by atoms with Gasteiger partial charge in [-0.1, -0.05) is 30.3 Å². The Hall–Kier alpha value is -1.60. The first-order valence-electron chi connectivity index (χ1n) is 5.72. The van der Waals surface area contributed by atoms with Gasteiger partial charge in [0.15, 0.2) is 0 Å². The molecule has 1 rings (SSSR count). The van der Waals surface area contributed by atoms with Crippen LogP contribution in [0.15, 0.2) is 30.3 Å². The molecule has 104 valence electrons. The summed E-state index contributed by atoms with van der Waals surface area (Å²) in [5.74, 6) is -2.21. The van der Waals surface area contributed by atoms with Crippen LogP contribution < -0.4 is 0 Å². The smallest absolute Gasteiger partial charge is 0.234 e. The van der Waals surface area contributed by atoms with Crippen LogP contribution in [0.5, 0.6) is 0 Å². The van der Waals surface area contributed by atoms with E-state index in [4.69, 9.17) is 5.11 Å². The second-order valence-corrected chi connectivity index (χ2v) is 4.23. The van der Waals surface area contributed by atoms with Gasteiger partial charge in [0.25, 0.3) is 0 Å². The van der Waals surface area contributed by atoms with Gasteiger partial charge in [0.05, 0.1) is 6.10 Å². The lowest BCUT2D eigenvalue weighted by atomic mass is 9.96. The molecule has 0 heterocycles. The van der Waals surface area contributed by atoms with E-state index in [0.29, 0.717) is 0 Å². The molecule has 0 saturated heterocycles. The number of Topliss-reactive ketones (excluding diaryl/α,β-unsaturated/α-hetero) is 2. The predicted molar refractivity (Wildman–Crippen MR) is 65.5 cm³/mol. The molecular formula is C13H16O6. The molecule has 0 aliphatic heterocycles. The van der Waals surface area contributed by atoms with E-state index in [1.54, 1.807) is 18.2 Å². The van der Waals surface area contributed by atoms with Gasteiger partial charge in [-0.05, 0) is 6.92 Å². The third kappa shape index (κ3) is 3.68. The minimum Gasteiger partial charge on any atom is -0.391 e.